The summed E-state index contributed by atoms with van der Waals surface area (Å²) in [5, 5.41) is 9.49. The van der Waals surface area contributed by atoms with Crippen molar-refractivity contribution in [1.29, 1.82) is 0 Å². The molecule has 2 fully saturated rings. The fourth-order valence-corrected chi connectivity index (χ4v) is 3.28. The number of hydrogen-bond donors (Lipinski definition) is 1. The lowest BCUT2D eigenvalue weighted by molar-refractivity contribution is 0.0633. The van der Waals surface area contributed by atoms with Gasteiger partial charge in [0.25, 0.3) is 0 Å². The number of methoxy groups -OCH3 is 1. The Morgan fingerprint density at radius 2 is 1.59 bits per heavy atom. The Hall–Kier alpha value is -0.120. The lowest BCUT2D eigenvalue weighted by atomic mass is 9.82. The van der Waals surface area contributed by atoms with Gasteiger partial charge in [-0.3, -0.25) is 0 Å². The highest BCUT2D eigenvalue weighted by molar-refractivity contribution is 4.78. The van der Waals surface area contributed by atoms with E-state index in [4.69, 9.17) is 4.74 Å². The van der Waals surface area contributed by atoms with Gasteiger partial charge in [-0.15, -0.1) is 0 Å². The van der Waals surface area contributed by atoms with Gasteiger partial charge in [-0.05, 0) is 50.4 Å². The Labute approximate surface area is 105 Å². The summed E-state index contributed by atoms with van der Waals surface area (Å²) in [6, 6.07) is 0. The van der Waals surface area contributed by atoms with Gasteiger partial charge in [0.2, 0.25) is 0 Å². The van der Waals surface area contributed by atoms with Gasteiger partial charge in [-0.1, -0.05) is 0 Å². The Kier molecular flexibility index (Phi) is 5.26. The standard InChI is InChI=1S/C14H27NO2/c1-17-11-13-4-2-12(3-5-13)10-15-8-6-14(16)7-9-15/h12-14,16H,2-11H2,1H3. The molecule has 1 aliphatic heterocycles. The molecule has 1 N–H and O–H groups in total. The third-order valence-corrected chi connectivity index (χ3v) is 4.44. The number of likely N-dealkylation sites (tertiary alicyclic amines) is 1. The van der Waals surface area contributed by atoms with Crippen molar-refractivity contribution in [2.45, 2.75) is 44.6 Å². The fraction of sp³-hybridized carbons (Fsp3) is 1.00. The zero-order valence-corrected chi connectivity index (χ0v) is 11.1. The molecular weight excluding hydrogens is 214 g/mol. The van der Waals surface area contributed by atoms with Crippen LogP contribution < -0.4 is 0 Å². The van der Waals surface area contributed by atoms with Crippen LogP contribution in [-0.2, 0) is 4.74 Å². The van der Waals surface area contributed by atoms with Gasteiger partial charge in [0, 0.05) is 33.4 Å². The topological polar surface area (TPSA) is 32.7 Å². The quantitative estimate of drug-likeness (QED) is 0.816. The predicted octanol–water partition coefficient (Wildman–Crippen LogP) is 1.90. The first-order valence-corrected chi connectivity index (χ1v) is 7.17. The van der Waals surface area contributed by atoms with Crippen LogP contribution in [-0.4, -0.2) is 49.5 Å². The van der Waals surface area contributed by atoms with E-state index in [0.29, 0.717) is 0 Å². The van der Waals surface area contributed by atoms with Crippen LogP contribution in [0.25, 0.3) is 0 Å². The lowest BCUT2D eigenvalue weighted by Crippen LogP contribution is -2.39. The maximum atomic E-state index is 9.49. The van der Waals surface area contributed by atoms with Crippen molar-refractivity contribution in [1.82, 2.24) is 4.90 Å². The molecule has 0 aromatic carbocycles. The number of nitrogens with zero attached hydrogens (tertiary/aromatic N) is 1. The number of piperidine rings is 1. The summed E-state index contributed by atoms with van der Waals surface area (Å²) in [6.07, 6.45) is 7.32. The maximum absolute atomic E-state index is 9.49. The van der Waals surface area contributed by atoms with Gasteiger partial charge in [0.15, 0.2) is 0 Å². The van der Waals surface area contributed by atoms with E-state index in [1.807, 2.05) is 7.11 Å². The normalized spacial score (nSPS) is 32.8. The Morgan fingerprint density at radius 3 is 2.18 bits per heavy atom. The second-order valence-corrected chi connectivity index (χ2v) is 5.87. The van der Waals surface area contributed by atoms with Crippen molar-refractivity contribution in [3.8, 4) is 0 Å². The van der Waals surface area contributed by atoms with Crippen LogP contribution >= 0.6 is 0 Å². The van der Waals surface area contributed by atoms with Crippen molar-refractivity contribution < 1.29 is 9.84 Å². The largest absolute Gasteiger partial charge is 0.393 e. The molecule has 0 aromatic heterocycles. The molecule has 17 heavy (non-hydrogen) atoms. The lowest BCUT2D eigenvalue weighted by Gasteiger charge is -2.35. The molecule has 1 saturated carbocycles. The van der Waals surface area contributed by atoms with E-state index in [1.165, 1.54) is 32.2 Å². The first kappa shape index (κ1) is 13.3. The minimum atomic E-state index is -0.0383. The summed E-state index contributed by atoms with van der Waals surface area (Å²) in [6.45, 7) is 4.40. The van der Waals surface area contributed by atoms with Crippen molar-refractivity contribution in [3.05, 3.63) is 0 Å². The van der Waals surface area contributed by atoms with E-state index in [9.17, 15) is 5.11 Å². The van der Waals surface area contributed by atoms with Crippen LogP contribution in [0.15, 0.2) is 0 Å². The first-order chi connectivity index (χ1) is 8.28. The fourth-order valence-electron chi connectivity index (χ4n) is 3.28. The summed E-state index contributed by atoms with van der Waals surface area (Å²) in [4.78, 5) is 2.55. The second-order valence-electron chi connectivity index (χ2n) is 5.87. The van der Waals surface area contributed by atoms with E-state index in [1.54, 1.807) is 0 Å². The highest BCUT2D eigenvalue weighted by Gasteiger charge is 2.24. The Balaban J connectivity index is 1.64. The van der Waals surface area contributed by atoms with Crippen molar-refractivity contribution in [2.24, 2.45) is 11.8 Å². The van der Waals surface area contributed by atoms with Crippen LogP contribution in [0.1, 0.15) is 38.5 Å². The minimum Gasteiger partial charge on any atom is -0.393 e. The Bertz CT molecular complexity index is 206. The number of rotatable bonds is 4. The molecule has 3 nitrogen and oxygen atoms in total. The van der Waals surface area contributed by atoms with Gasteiger partial charge in [-0.2, -0.15) is 0 Å². The molecule has 3 heteroatoms. The van der Waals surface area contributed by atoms with Crippen LogP contribution in [0.3, 0.4) is 0 Å². The van der Waals surface area contributed by atoms with E-state index in [0.717, 1.165) is 44.4 Å². The first-order valence-electron chi connectivity index (χ1n) is 7.17. The van der Waals surface area contributed by atoms with Crippen LogP contribution in [0, 0.1) is 11.8 Å². The molecule has 0 unspecified atom stereocenters. The molecule has 1 aliphatic carbocycles. The van der Waals surface area contributed by atoms with E-state index in [-0.39, 0.29) is 6.10 Å². The molecule has 1 saturated heterocycles. The minimum absolute atomic E-state index is 0.0383. The summed E-state index contributed by atoms with van der Waals surface area (Å²) in [7, 11) is 1.81. The molecular formula is C14H27NO2. The summed E-state index contributed by atoms with van der Waals surface area (Å²) in [5.74, 6) is 1.69. The highest BCUT2D eigenvalue weighted by atomic mass is 16.5. The monoisotopic (exact) mass is 241 g/mol. The number of aliphatic hydroxyl groups is 1. The van der Waals surface area contributed by atoms with Gasteiger partial charge in [0.1, 0.15) is 0 Å². The average molecular weight is 241 g/mol. The van der Waals surface area contributed by atoms with Gasteiger partial charge in [0.05, 0.1) is 6.10 Å². The highest BCUT2D eigenvalue weighted by Crippen LogP contribution is 2.30. The van der Waals surface area contributed by atoms with Crippen LogP contribution in [0.5, 0.6) is 0 Å². The summed E-state index contributed by atoms with van der Waals surface area (Å²) in [5.41, 5.74) is 0. The third-order valence-electron chi connectivity index (χ3n) is 4.44. The van der Waals surface area contributed by atoms with Crippen molar-refractivity contribution in [3.63, 3.8) is 0 Å². The van der Waals surface area contributed by atoms with Gasteiger partial charge < -0.3 is 14.7 Å². The van der Waals surface area contributed by atoms with Crippen LogP contribution in [0.2, 0.25) is 0 Å². The second kappa shape index (κ2) is 6.72. The molecule has 2 aliphatic rings. The number of ether oxygens (including phenoxy) is 1. The van der Waals surface area contributed by atoms with E-state index < -0.39 is 0 Å². The predicted molar refractivity (Wildman–Crippen MR) is 69.0 cm³/mol. The number of aliphatic hydroxyl groups excluding tert-OH is 1. The molecule has 0 spiro atoms. The molecule has 1 heterocycles. The summed E-state index contributed by atoms with van der Waals surface area (Å²) >= 11 is 0. The van der Waals surface area contributed by atoms with E-state index in [2.05, 4.69) is 4.90 Å². The van der Waals surface area contributed by atoms with E-state index >= 15 is 0 Å². The Morgan fingerprint density at radius 1 is 1.00 bits per heavy atom. The summed E-state index contributed by atoms with van der Waals surface area (Å²) < 4.78 is 5.24. The molecule has 0 atom stereocenters. The molecule has 0 radical (unpaired) electrons. The van der Waals surface area contributed by atoms with Crippen LogP contribution in [0.4, 0.5) is 0 Å². The third kappa shape index (κ3) is 4.23. The van der Waals surface area contributed by atoms with Crippen molar-refractivity contribution in [2.75, 3.05) is 33.4 Å². The molecule has 2 rings (SSSR count). The molecule has 0 bridgehead atoms. The molecule has 100 valence electrons. The molecule has 0 amide bonds. The average Bonchev–Trinajstić information content (AvgIpc) is 2.35. The smallest absolute Gasteiger partial charge is 0.0564 e. The maximum Gasteiger partial charge on any atom is 0.0564 e. The van der Waals surface area contributed by atoms with Gasteiger partial charge >= 0.3 is 0 Å². The SMILES string of the molecule is COCC1CCC(CN2CCC(O)CC2)CC1. The van der Waals surface area contributed by atoms with Gasteiger partial charge in [-0.25, -0.2) is 0 Å². The zero-order chi connectivity index (χ0) is 12.1. The number of hydrogen-bond acceptors (Lipinski definition) is 3. The van der Waals surface area contributed by atoms with Crippen molar-refractivity contribution >= 4 is 0 Å². The molecule has 0 aromatic rings. The zero-order valence-electron chi connectivity index (χ0n) is 11.1.